The average molecular weight is 392 g/mol. The Balaban J connectivity index is 1.86. The largest absolute Gasteiger partial charge is 0.494 e. The summed E-state index contributed by atoms with van der Waals surface area (Å²) in [6.45, 7) is 0.108. The number of amides is 1. The molecule has 2 aromatic rings. The van der Waals surface area contributed by atoms with Gasteiger partial charge in [0.05, 0.1) is 41.4 Å². The fourth-order valence-electron chi connectivity index (χ4n) is 3.34. The van der Waals surface area contributed by atoms with Gasteiger partial charge in [-0.2, -0.15) is 5.26 Å². The minimum atomic E-state index is -0.822. The van der Waals surface area contributed by atoms with E-state index in [1.165, 1.54) is 30.2 Å². The van der Waals surface area contributed by atoms with Gasteiger partial charge in [0.15, 0.2) is 0 Å². The zero-order chi connectivity index (χ0) is 20.5. The molecule has 1 atom stereocenters. The van der Waals surface area contributed by atoms with Gasteiger partial charge in [0.1, 0.15) is 24.5 Å². The molecule has 0 aliphatic carbocycles. The van der Waals surface area contributed by atoms with Gasteiger partial charge in [-0.1, -0.05) is 0 Å². The van der Waals surface area contributed by atoms with E-state index in [2.05, 4.69) is 11.4 Å². The van der Waals surface area contributed by atoms with E-state index in [0.29, 0.717) is 33.9 Å². The van der Waals surface area contributed by atoms with Gasteiger partial charge in [0.2, 0.25) is 0 Å². The van der Waals surface area contributed by atoms with Crippen LogP contribution in [0.25, 0.3) is 0 Å². The van der Waals surface area contributed by atoms with Gasteiger partial charge >= 0.3 is 0 Å². The molecule has 7 nitrogen and oxygen atoms in total. The number of rotatable bonds is 3. The number of carbonyl (C=O) groups excluding carboxylic acids is 1. The van der Waals surface area contributed by atoms with Crippen LogP contribution in [-0.2, 0) is 0 Å². The Morgan fingerprint density at radius 2 is 2.07 bits per heavy atom. The Morgan fingerprint density at radius 3 is 2.76 bits per heavy atom. The molecule has 0 fully saturated rings. The molecule has 1 unspecified atom stereocenters. The highest BCUT2D eigenvalue weighted by atomic mass is 19.1. The highest BCUT2D eigenvalue weighted by Crippen LogP contribution is 2.40. The summed E-state index contributed by atoms with van der Waals surface area (Å²) in [7, 11) is 1.44. The number of aliphatic hydroxyl groups excluding tert-OH is 1. The lowest BCUT2D eigenvalue weighted by molar-refractivity contribution is 0.0799. The Kier molecular flexibility index (Phi) is 4.66. The lowest BCUT2D eigenvalue weighted by atomic mass is 10.0. The molecule has 2 aliphatic rings. The van der Waals surface area contributed by atoms with Crippen molar-refractivity contribution in [2.45, 2.75) is 6.23 Å². The first-order chi connectivity index (χ1) is 14.0. The third-order valence-electron chi connectivity index (χ3n) is 4.77. The third kappa shape index (κ3) is 3.28. The lowest BCUT2D eigenvalue weighted by Gasteiger charge is -2.39. The zero-order valence-electron chi connectivity index (χ0n) is 15.5. The second-order valence-electron chi connectivity index (χ2n) is 6.50. The number of halogens is 1. The van der Waals surface area contributed by atoms with Crippen LogP contribution in [-0.4, -0.2) is 35.9 Å². The van der Waals surface area contributed by atoms with Gasteiger partial charge in [-0.25, -0.2) is 4.39 Å². The number of fused-ring (bicyclic) bond motifs is 1. The van der Waals surface area contributed by atoms with Crippen molar-refractivity contribution in [1.29, 1.82) is 5.26 Å². The highest BCUT2D eigenvalue weighted by molar-refractivity contribution is 6.04. The molecule has 29 heavy (non-hydrogen) atoms. The van der Waals surface area contributed by atoms with Gasteiger partial charge < -0.3 is 20.1 Å². The molecule has 8 heteroatoms. The van der Waals surface area contributed by atoms with Crippen molar-refractivity contribution < 1.29 is 19.0 Å². The summed E-state index contributed by atoms with van der Waals surface area (Å²) in [4.78, 5) is 16.5. The molecular weight excluding hydrogens is 375 g/mol. The van der Waals surface area contributed by atoms with E-state index in [1.807, 2.05) is 0 Å². The normalized spacial score (nSPS) is 17.9. The number of benzene rings is 2. The summed E-state index contributed by atoms with van der Waals surface area (Å²) < 4.78 is 19.1. The molecule has 0 radical (unpaired) electrons. The minimum absolute atomic E-state index is 0.108. The number of allylic oxidation sites excluding steroid dienone is 1. The van der Waals surface area contributed by atoms with E-state index < -0.39 is 12.0 Å². The van der Waals surface area contributed by atoms with E-state index in [1.54, 1.807) is 41.4 Å². The summed E-state index contributed by atoms with van der Waals surface area (Å²) in [5, 5.41) is 21.6. The molecule has 2 heterocycles. The number of carbonyl (C=O) groups is 1. The van der Waals surface area contributed by atoms with Crippen molar-refractivity contribution in [3.63, 3.8) is 0 Å². The van der Waals surface area contributed by atoms with Crippen molar-refractivity contribution in [3.05, 3.63) is 77.4 Å². The monoisotopic (exact) mass is 392 g/mol. The summed E-state index contributed by atoms with van der Waals surface area (Å²) in [5.41, 5.74) is 2.43. The molecule has 0 saturated carbocycles. The maximum atomic E-state index is 13.7. The number of hydrogen-bond donors (Lipinski definition) is 2. The van der Waals surface area contributed by atoms with Crippen LogP contribution in [0.4, 0.5) is 15.8 Å². The Labute approximate surface area is 166 Å². The predicted molar refractivity (Wildman–Crippen MR) is 104 cm³/mol. The first-order valence-electron chi connectivity index (χ1n) is 8.81. The Hall–Kier alpha value is -3.83. The quantitative estimate of drug-likeness (QED) is 0.835. The second kappa shape index (κ2) is 7.30. The predicted octanol–water partition coefficient (Wildman–Crippen LogP) is 2.58. The molecule has 2 N–H and O–H groups in total. The second-order valence-corrected chi connectivity index (χ2v) is 6.50. The summed E-state index contributed by atoms with van der Waals surface area (Å²) in [6, 6.07) is 11.0. The molecule has 146 valence electrons. The number of nitriles is 1. The third-order valence-corrected chi connectivity index (χ3v) is 4.77. The molecule has 0 saturated heterocycles. The van der Waals surface area contributed by atoms with Crippen molar-refractivity contribution in [2.24, 2.45) is 0 Å². The topological polar surface area (TPSA) is 88.8 Å². The van der Waals surface area contributed by atoms with Crippen LogP contribution in [0.5, 0.6) is 5.75 Å². The standard InChI is InChI=1S/C21H17FN4O3/c1-29-19-9-14(22)3-6-17(19)26-12-25(15-4-7-20(27)24-11-15)21(28)16-5-2-13(10-23)8-18(16)26/h2-9,11,20,24,27H,12H2,1H3. The maximum Gasteiger partial charge on any atom is 0.261 e. The van der Waals surface area contributed by atoms with Crippen LogP contribution in [0, 0.1) is 17.1 Å². The maximum absolute atomic E-state index is 13.7. The van der Waals surface area contributed by atoms with E-state index in [-0.39, 0.29) is 12.6 Å². The Morgan fingerprint density at radius 1 is 1.24 bits per heavy atom. The number of methoxy groups -OCH3 is 1. The number of nitrogens with zero attached hydrogens (tertiary/aromatic N) is 3. The van der Waals surface area contributed by atoms with Crippen molar-refractivity contribution in [3.8, 4) is 11.8 Å². The summed E-state index contributed by atoms with van der Waals surface area (Å²) in [6.07, 6.45) is 3.91. The Bertz CT molecular complexity index is 1090. The van der Waals surface area contributed by atoms with Crippen LogP contribution in [0.3, 0.4) is 0 Å². The minimum Gasteiger partial charge on any atom is -0.494 e. The molecule has 0 bridgehead atoms. The molecule has 0 aromatic heterocycles. The number of nitrogens with one attached hydrogen (secondary N) is 1. The number of anilines is 2. The molecule has 4 rings (SSSR count). The fraction of sp³-hybridized carbons (Fsp3) is 0.143. The van der Waals surface area contributed by atoms with Gasteiger partial charge in [-0.05, 0) is 42.5 Å². The lowest BCUT2D eigenvalue weighted by Crippen LogP contribution is -2.45. The van der Waals surface area contributed by atoms with Gasteiger partial charge in [-0.3, -0.25) is 9.69 Å². The van der Waals surface area contributed by atoms with E-state index >= 15 is 0 Å². The number of ether oxygens (including phenoxy) is 1. The van der Waals surface area contributed by atoms with E-state index in [4.69, 9.17) is 4.74 Å². The van der Waals surface area contributed by atoms with Crippen LogP contribution in [0.1, 0.15) is 15.9 Å². The molecule has 0 spiro atoms. The van der Waals surface area contributed by atoms with Gasteiger partial charge in [0, 0.05) is 12.3 Å². The fourth-order valence-corrected chi connectivity index (χ4v) is 3.34. The van der Waals surface area contributed by atoms with Crippen LogP contribution < -0.4 is 15.0 Å². The smallest absolute Gasteiger partial charge is 0.261 e. The first-order valence-corrected chi connectivity index (χ1v) is 8.81. The van der Waals surface area contributed by atoms with Gasteiger partial charge in [0.25, 0.3) is 5.91 Å². The molecular formula is C21H17FN4O3. The molecule has 1 amide bonds. The highest BCUT2D eigenvalue weighted by Gasteiger charge is 2.33. The molecule has 2 aromatic carbocycles. The van der Waals surface area contributed by atoms with E-state index in [0.717, 1.165) is 0 Å². The van der Waals surface area contributed by atoms with Crippen molar-refractivity contribution in [1.82, 2.24) is 10.2 Å². The zero-order valence-corrected chi connectivity index (χ0v) is 15.5. The number of aliphatic hydroxyl groups is 1. The average Bonchev–Trinajstić information content (AvgIpc) is 2.74. The first kappa shape index (κ1) is 18.5. The summed E-state index contributed by atoms with van der Waals surface area (Å²) >= 11 is 0. The van der Waals surface area contributed by atoms with Crippen LogP contribution in [0.15, 0.2) is 60.4 Å². The van der Waals surface area contributed by atoms with Crippen molar-refractivity contribution >= 4 is 17.3 Å². The van der Waals surface area contributed by atoms with Gasteiger partial charge in [-0.15, -0.1) is 0 Å². The summed E-state index contributed by atoms with van der Waals surface area (Å²) in [5.74, 6) is -0.400. The van der Waals surface area contributed by atoms with Crippen LogP contribution in [0.2, 0.25) is 0 Å². The SMILES string of the molecule is COc1cc(F)ccc1N1CN(C2=CNC(O)C=C2)C(=O)c2ccc(C#N)cc21. The number of dihydropyridines is 1. The van der Waals surface area contributed by atoms with Crippen molar-refractivity contribution in [2.75, 3.05) is 18.7 Å². The number of hydrogen-bond acceptors (Lipinski definition) is 6. The van der Waals surface area contributed by atoms with Crippen LogP contribution >= 0.6 is 0 Å². The van der Waals surface area contributed by atoms with E-state index in [9.17, 15) is 19.6 Å². The molecule has 2 aliphatic heterocycles.